The normalized spacial score (nSPS) is 18.6. The third-order valence-electron chi connectivity index (χ3n) is 4.22. The molecule has 0 aliphatic carbocycles. The van der Waals surface area contributed by atoms with Crippen molar-refractivity contribution in [3.05, 3.63) is 65.7 Å². The zero-order valence-electron chi connectivity index (χ0n) is 15.5. The van der Waals surface area contributed by atoms with Crippen LogP contribution in [0.3, 0.4) is 0 Å². The van der Waals surface area contributed by atoms with E-state index in [2.05, 4.69) is 17.1 Å². The Labute approximate surface area is 164 Å². The maximum atomic E-state index is 12.8. The van der Waals surface area contributed by atoms with Crippen molar-refractivity contribution in [2.45, 2.75) is 31.6 Å². The highest BCUT2D eigenvalue weighted by Gasteiger charge is 2.37. The topological polar surface area (TPSA) is 54.3 Å². The minimum atomic E-state index is -0.0753. The van der Waals surface area contributed by atoms with Crippen molar-refractivity contribution in [1.82, 2.24) is 4.90 Å². The molecule has 140 valence electrons. The second kappa shape index (κ2) is 9.37. The summed E-state index contributed by atoms with van der Waals surface area (Å²) in [5.41, 5.74) is 2.00. The number of benzene rings is 2. The van der Waals surface area contributed by atoms with E-state index in [1.807, 2.05) is 54.6 Å². The van der Waals surface area contributed by atoms with Gasteiger partial charge in [-0.05, 0) is 41.8 Å². The second-order valence-electron chi connectivity index (χ2n) is 6.21. The molecule has 1 atom stereocenters. The van der Waals surface area contributed by atoms with Gasteiger partial charge in [-0.1, -0.05) is 55.4 Å². The van der Waals surface area contributed by atoms with E-state index in [0.717, 1.165) is 29.7 Å². The third-order valence-corrected chi connectivity index (χ3v) is 5.46. The lowest BCUT2D eigenvalue weighted by atomic mass is 10.2. The van der Waals surface area contributed by atoms with Gasteiger partial charge in [0.15, 0.2) is 5.17 Å². The summed E-state index contributed by atoms with van der Waals surface area (Å²) in [7, 11) is 1.64. The van der Waals surface area contributed by atoms with E-state index in [-0.39, 0.29) is 11.2 Å². The van der Waals surface area contributed by atoms with E-state index < -0.39 is 0 Å². The molecule has 27 heavy (non-hydrogen) atoms. The third kappa shape index (κ3) is 4.98. The molecule has 1 fully saturated rings. The summed E-state index contributed by atoms with van der Waals surface area (Å²) in [5, 5.41) is 9.14. The van der Waals surface area contributed by atoms with Crippen molar-refractivity contribution in [2.75, 3.05) is 7.11 Å². The Kier molecular flexibility index (Phi) is 6.65. The molecule has 1 aliphatic rings. The average molecular weight is 382 g/mol. The summed E-state index contributed by atoms with van der Waals surface area (Å²) in [5.74, 6) is 0.913. The molecule has 1 heterocycles. The van der Waals surface area contributed by atoms with Crippen LogP contribution in [0.2, 0.25) is 0 Å². The first-order chi connectivity index (χ1) is 13.2. The van der Waals surface area contributed by atoms with Crippen molar-refractivity contribution >= 4 is 29.1 Å². The lowest BCUT2D eigenvalue weighted by molar-refractivity contribution is -0.126. The Balaban J connectivity index is 1.77. The molecule has 5 nitrogen and oxygen atoms in total. The summed E-state index contributed by atoms with van der Waals surface area (Å²) in [6.07, 6.45) is 3.49. The van der Waals surface area contributed by atoms with Crippen molar-refractivity contribution in [3.8, 4) is 5.75 Å². The van der Waals surface area contributed by atoms with Gasteiger partial charge in [0.05, 0.1) is 25.1 Å². The van der Waals surface area contributed by atoms with Gasteiger partial charge in [-0.15, -0.1) is 5.10 Å². The number of thioether (sulfide) groups is 1. The number of amides is 1. The summed E-state index contributed by atoms with van der Waals surface area (Å²) in [6, 6.07) is 17.5. The maximum Gasteiger partial charge on any atom is 0.242 e. The minimum absolute atomic E-state index is 0.0753. The maximum absolute atomic E-state index is 12.8. The first-order valence-corrected chi connectivity index (χ1v) is 9.86. The van der Waals surface area contributed by atoms with Gasteiger partial charge in [0.25, 0.3) is 0 Å². The van der Waals surface area contributed by atoms with Crippen LogP contribution in [0.15, 0.2) is 64.8 Å². The number of carbonyl (C=O) groups is 1. The van der Waals surface area contributed by atoms with Gasteiger partial charge in [-0.25, -0.2) is 0 Å². The molecule has 6 heteroatoms. The summed E-state index contributed by atoms with van der Waals surface area (Å²) < 4.78 is 5.15. The Morgan fingerprint density at radius 3 is 2.56 bits per heavy atom. The summed E-state index contributed by atoms with van der Waals surface area (Å²) >= 11 is 1.50. The van der Waals surface area contributed by atoms with E-state index in [9.17, 15) is 4.79 Å². The van der Waals surface area contributed by atoms with Crippen LogP contribution in [0.4, 0.5) is 0 Å². The van der Waals surface area contributed by atoms with Crippen molar-refractivity contribution in [1.29, 1.82) is 0 Å². The van der Waals surface area contributed by atoms with Crippen LogP contribution in [0.5, 0.6) is 5.75 Å². The number of hydrogen-bond donors (Lipinski definition) is 0. The van der Waals surface area contributed by atoms with E-state index in [4.69, 9.17) is 4.74 Å². The molecular weight excluding hydrogens is 358 g/mol. The Bertz CT molecular complexity index is 819. The molecular formula is C21H23N3O2S. The minimum Gasteiger partial charge on any atom is -0.497 e. The van der Waals surface area contributed by atoms with Crippen LogP contribution in [0, 0.1) is 0 Å². The SMILES string of the molecule is CCCC1SC(=NN=Cc2ccc(OC)cc2)N(Cc2ccccc2)C1=O. The predicted molar refractivity (Wildman–Crippen MR) is 111 cm³/mol. The second-order valence-corrected chi connectivity index (χ2v) is 7.38. The van der Waals surface area contributed by atoms with Crippen LogP contribution in [-0.2, 0) is 11.3 Å². The average Bonchev–Trinajstić information content (AvgIpc) is 2.99. The predicted octanol–water partition coefficient (Wildman–Crippen LogP) is 4.33. The quantitative estimate of drug-likeness (QED) is 0.530. The lowest BCUT2D eigenvalue weighted by Crippen LogP contribution is -2.31. The summed E-state index contributed by atoms with van der Waals surface area (Å²) in [6.45, 7) is 2.61. The molecule has 0 aromatic heterocycles. The molecule has 1 saturated heterocycles. The van der Waals surface area contributed by atoms with Gasteiger partial charge in [-0.3, -0.25) is 9.69 Å². The van der Waals surface area contributed by atoms with Gasteiger partial charge < -0.3 is 4.74 Å². The van der Waals surface area contributed by atoms with Crippen molar-refractivity contribution in [2.24, 2.45) is 10.2 Å². The number of hydrogen-bond acceptors (Lipinski definition) is 5. The van der Waals surface area contributed by atoms with Crippen LogP contribution in [-0.4, -0.2) is 34.5 Å². The van der Waals surface area contributed by atoms with Gasteiger partial charge in [0.1, 0.15) is 5.75 Å². The molecule has 1 aliphatic heterocycles. The van der Waals surface area contributed by atoms with Gasteiger partial charge >= 0.3 is 0 Å². The van der Waals surface area contributed by atoms with Crippen LogP contribution in [0.25, 0.3) is 0 Å². The van der Waals surface area contributed by atoms with E-state index in [1.54, 1.807) is 18.2 Å². The molecule has 1 unspecified atom stereocenters. The Hall–Kier alpha value is -2.60. The Morgan fingerprint density at radius 1 is 1.15 bits per heavy atom. The van der Waals surface area contributed by atoms with E-state index in [0.29, 0.717) is 11.7 Å². The standard InChI is InChI=1S/C21H23N3O2S/c1-3-7-19-20(25)24(15-17-8-5-4-6-9-17)21(27-19)23-22-14-16-10-12-18(26-2)13-11-16/h4-6,8-14,19H,3,7,15H2,1-2H3. The molecule has 0 bridgehead atoms. The lowest BCUT2D eigenvalue weighted by Gasteiger charge is -2.15. The van der Waals surface area contributed by atoms with E-state index in [1.165, 1.54) is 11.8 Å². The summed E-state index contributed by atoms with van der Waals surface area (Å²) in [4.78, 5) is 14.5. The van der Waals surface area contributed by atoms with Gasteiger partial charge in [0, 0.05) is 0 Å². The van der Waals surface area contributed by atoms with Crippen molar-refractivity contribution < 1.29 is 9.53 Å². The first-order valence-electron chi connectivity index (χ1n) is 8.98. The molecule has 1 amide bonds. The van der Waals surface area contributed by atoms with Crippen LogP contribution >= 0.6 is 11.8 Å². The van der Waals surface area contributed by atoms with Gasteiger partial charge in [0.2, 0.25) is 5.91 Å². The van der Waals surface area contributed by atoms with Gasteiger partial charge in [-0.2, -0.15) is 5.10 Å². The molecule has 0 saturated carbocycles. The van der Waals surface area contributed by atoms with Crippen LogP contribution in [0.1, 0.15) is 30.9 Å². The molecule has 0 spiro atoms. The highest BCUT2D eigenvalue weighted by molar-refractivity contribution is 8.15. The highest BCUT2D eigenvalue weighted by Crippen LogP contribution is 2.31. The fraction of sp³-hybridized carbons (Fsp3) is 0.286. The molecule has 2 aromatic rings. The Morgan fingerprint density at radius 2 is 1.89 bits per heavy atom. The molecule has 0 radical (unpaired) electrons. The monoisotopic (exact) mass is 381 g/mol. The number of carbonyl (C=O) groups excluding carboxylic acids is 1. The van der Waals surface area contributed by atoms with Crippen molar-refractivity contribution in [3.63, 3.8) is 0 Å². The molecule has 0 N–H and O–H groups in total. The van der Waals surface area contributed by atoms with E-state index >= 15 is 0 Å². The highest BCUT2D eigenvalue weighted by atomic mass is 32.2. The number of nitrogens with zero attached hydrogens (tertiary/aromatic N) is 3. The number of ether oxygens (including phenoxy) is 1. The fourth-order valence-corrected chi connectivity index (χ4v) is 3.99. The number of rotatable bonds is 7. The zero-order valence-corrected chi connectivity index (χ0v) is 16.4. The smallest absolute Gasteiger partial charge is 0.242 e. The molecule has 2 aromatic carbocycles. The number of methoxy groups -OCH3 is 1. The first kappa shape index (κ1) is 19.2. The van der Waals surface area contributed by atoms with Crippen LogP contribution < -0.4 is 4.74 Å². The number of amidine groups is 1. The zero-order chi connectivity index (χ0) is 19.1. The largest absolute Gasteiger partial charge is 0.497 e. The fourth-order valence-electron chi connectivity index (χ4n) is 2.78. The molecule has 3 rings (SSSR count).